The molecule has 0 aromatic heterocycles. The molecule has 0 heterocycles. The van der Waals surface area contributed by atoms with Crippen LogP contribution in [0.25, 0.3) is 0 Å². The van der Waals surface area contributed by atoms with Gasteiger partial charge in [0.1, 0.15) is 11.8 Å². The van der Waals surface area contributed by atoms with Crippen molar-refractivity contribution < 1.29 is 19.1 Å². The van der Waals surface area contributed by atoms with Crippen molar-refractivity contribution in [2.24, 2.45) is 17.3 Å². The molecule has 1 aliphatic rings. The Kier molecular flexibility index (Phi) is 11.0. The Bertz CT molecular complexity index is 959. The summed E-state index contributed by atoms with van der Waals surface area (Å²) in [5.41, 5.74) is 2.00. The number of carbonyl (C=O) groups is 2. The van der Waals surface area contributed by atoms with Crippen LogP contribution in [0.2, 0.25) is 0 Å². The van der Waals surface area contributed by atoms with Crippen molar-refractivity contribution in [3.05, 3.63) is 65.7 Å². The number of nitrogens with one attached hydrogen (secondary N) is 1. The van der Waals surface area contributed by atoms with Crippen LogP contribution in [0.4, 0.5) is 0 Å². The molecule has 0 radical (unpaired) electrons. The van der Waals surface area contributed by atoms with Crippen LogP contribution < -0.4 is 10.1 Å². The standard InChI is InChI=1S/C32H45NO4/c1-32(2,3)28(17-11-16-24-12-7-5-8-13-24)30(34)33-29(31(35)36-4)22-25-18-20-27(21-19-25)37-23-26-14-9-6-10-15-26/h5,7-8,12-13,18-21,26,28-29H,6,9-11,14-17,22-23H2,1-4H3,(H,33,34)/t28-,29?/m1/s1. The molecule has 1 aliphatic carbocycles. The minimum absolute atomic E-state index is 0.0941. The molecule has 0 saturated heterocycles. The Balaban J connectivity index is 1.58. The highest BCUT2D eigenvalue weighted by molar-refractivity contribution is 5.86. The van der Waals surface area contributed by atoms with Crippen LogP contribution in [0.5, 0.6) is 5.75 Å². The fourth-order valence-corrected chi connectivity index (χ4v) is 5.25. The van der Waals surface area contributed by atoms with E-state index in [9.17, 15) is 9.59 Å². The molecule has 2 atom stereocenters. The number of carbonyl (C=O) groups excluding carboxylic acids is 2. The van der Waals surface area contributed by atoms with Crippen LogP contribution in [0.3, 0.4) is 0 Å². The number of hydrogen-bond donors (Lipinski definition) is 1. The van der Waals surface area contributed by atoms with Gasteiger partial charge in [0.25, 0.3) is 0 Å². The average Bonchev–Trinajstić information content (AvgIpc) is 2.90. The number of rotatable bonds is 12. The number of benzene rings is 2. The second-order valence-corrected chi connectivity index (χ2v) is 11.5. The normalized spacial score (nSPS) is 16.0. The van der Waals surface area contributed by atoms with Gasteiger partial charge in [-0.3, -0.25) is 4.79 Å². The van der Waals surface area contributed by atoms with Crippen LogP contribution in [0.1, 0.15) is 76.8 Å². The molecule has 202 valence electrons. The van der Waals surface area contributed by atoms with Gasteiger partial charge >= 0.3 is 5.97 Å². The summed E-state index contributed by atoms with van der Waals surface area (Å²) in [6.07, 6.45) is 9.41. The summed E-state index contributed by atoms with van der Waals surface area (Å²) in [5, 5.41) is 3.01. The number of esters is 1. The fourth-order valence-electron chi connectivity index (χ4n) is 5.25. The topological polar surface area (TPSA) is 64.6 Å². The fraction of sp³-hybridized carbons (Fsp3) is 0.562. The molecular formula is C32H45NO4. The molecule has 3 rings (SSSR count). The zero-order chi connectivity index (χ0) is 26.7. The van der Waals surface area contributed by atoms with E-state index >= 15 is 0 Å². The van der Waals surface area contributed by atoms with Gasteiger partial charge in [0.05, 0.1) is 13.7 Å². The van der Waals surface area contributed by atoms with Crippen LogP contribution >= 0.6 is 0 Å². The third-order valence-electron chi connectivity index (χ3n) is 7.54. The lowest BCUT2D eigenvalue weighted by Crippen LogP contribution is -2.48. The molecule has 2 aromatic carbocycles. The summed E-state index contributed by atoms with van der Waals surface area (Å²) in [6.45, 7) is 7.01. The summed E-state index contributed by atoms with van der Waals surface area (Å²) in [4.78, 5) is 26.0. The Morgan fingerprint density at radius 2 is 1.62 bits per heavy atom. The van der Waals surface area contributed by atoms with E-state index in [0.29, 0.717) is 12.3 Å². The lowest BCUT2D eigenvalue weighted by Gasteiger charge is -2.31. The van der Waals surface area contributed by atoms with Crippen molar-refractivity contribution in [1.82, 2.24) is 5.32 Å². The predicted molar refractivity (Wildman–Crippen MR) is 148 cm³/mol. The average molecular weight is 508 g/mol. The predicted octanol–water partition coefficient (Wildman–Crippen LogP) is 6.53. The van der Waals surface area contributed by atoms with Crippen molar-refractivity contribution in [1.29, 1.82) is 0 Å². The third-order valence-corrected chi connectivity index (χ3v) is 7.54. The Morgan fingerprint density at radius 1 is 0.946 bits per heavy atom. The number of amides is 1. The van der Waals surface area contributed by atoms with Gasteiger partial charge in [-0.15, -0.1) is 0 Å². The van der Waals surface area contributed by atoms with Gasteiger partial charge in [-0.25, -0.2) is 4.79 Å². The minimum atomic E-state index is -0.731. The van der Waals surface area contributed by atoms with Crippen LogP contribution in [-0.2, 0) is 27.2 Å². The van der Waals surface area contributed by atoms with Crippen molar-refractivity contribution in [2.75, 3.05) is 13.7 Å². The zero-order valence-corrected chi connectivity index (χ0v) is 23.1. The zero-order valence-electron chi connectivity index (χ0n) is 23.1. The Labute approximate surface area is 223 Å². The molecule has 0 aliphatic heterocycles. The third kappa shape index (κ3) is 9.53. The van der Waals surface area contributed by atoms with E-state index in [1.807, 2.05) is 42.5 Å². The summed E-state index contributed by atoms with van der Waals surface area (Å²) < 4.78 is 11.1. The molecule has 1 amide bonds. The first-order chi connectivity index (χ1) is 17.8. The summed E-state index contributed by atoms with van der Waals surface area (Å²) in [7, 11) is 1.37. The molecule has 0 spiro atoms. The quantitative estimate of drug-likeness (QED) is 0.332. The van der Waals surface area contributed by atoms with E-state index < -0.39 is 12.0 Å². The SMILES string of the molecule is COC(=O)C(Cc1ccc(OCC2CCCCC2)cc1)NC(=O)[C@@H](CCCc1ccccc1)C(C)(C)C. The van der Waals surface area contributed by atoms with Gasteiger partial charge < -0.3 is 14.8 Å². The largest absolute Gasteiger partial charge is 0.493 e. The number of methoxy groups -OCH3 is 1. The molecular weight excluding hydrogens is 462 g/mol. The summed E-state index contributed by atoms with van der Waals surface area (Å²) in [6, 6.07) is 17.5. The molecule has 1 unspecified atom stereocenters. The lowest BCUT2D eigenvalue weighted by atomic mass is 9.77. The monoisotopic (exact) mass is 507 g/mol. The molecule has 1 fully saturated rings. The summed E-state index contributed by atoms with van der Waals surface area (Å²) in [5.74, 6) is 0.764. The first kappa shape index (κ1) is 28.7. The number of hydrogen-bond acceptors (Lipinski definition) is 4. The maximum absolute atomic E-state index is 13.4. The molecule has 5 heteroatoms. The van der Waals surface area contributed by atoms with E-state index in [-0.39, 0.29) is 17.2 Å². The number of ether oxygens (including phenoxy) is 2. The second-order valence-electron chi connectivity index (χ2n) is 11.5. The first-order valence-corrected chi connectivity index (χ1v) is 13.9. The van der Waals surface area contributed by atoms with Gasteiger partial charge in [0.15, 0.2) is 0 Å². The van der Waals surface area contributed by atoms with Crippen LogP contribution in [0, 0.1) is 17.3 Å². The molecule has 2 aromatic rings. The second kappa shape index (κ2) is 14.2. The van der Waals surface area contributed by atoms with E-state index in [1.54, 1.807) is 0 Å². The lowest BCUT2D eigenvalue weighted by molar-refractivity contribution is -0.146. The van der Waals surface area contributed by atoms with E-state index in [0.717, 1.165) is 37.2 Å². The summed E-state index contributed by atoms with van der Waals surface area (Å²) >= 11 is 0. The minimum Gasteiger partial charge on any atom is -0.493 e. The molecule has 1 N–H and O–H groups in total. The molecule has 1 saturated carbocycles. The highest BCUT2D eigenvalue weighted by Gasteiger charge is 2.33. The van der Waals surface area contributed by atoms with Crippen LogP contribution in [0.15, 0.2) is 54.6 Å². The van der Waals surface area contributed by atoms with Crippen LogP contribution in [-0.4, -0.2) is 31.6 Å². The Hall–Kier alpha value is -2.82. The van der Waals surface area contributed by atoms with Gasteiger partial charge in [-0.2, -0.15) is 0 Å². The maximum atomic E-state index is 13.4. The highest BCUT2D eigenvalue weighted by Crippen LogP contribution is 2.31. The Morgan fingerprint density at radius 3 is 2.24 bits per heavy atom. The van der Waals surface area contributed by atoms with E-state index in [4.69, 9.17) is 9.47 Å². The number of aryl methyl sites for hydroxylation is 1. The smallest absolute Gasteiger partial charge is 0.328 e. The molecule has 5 nitrogen and oxygen atoms in total. The van der Waals surface area contributed by atoms with E-state index in [1.165, 1.54) is 44.8 Å². The van der Waals surface area contributed by atoms with Gasteiger partial charge in [-0.05, 0) is 66.7 Å². The van der Waals surface area contributed by atoms with E-state index in [2.05, 4.69) is 38.2 Å². The van der Waals surface area contributed by atoms with Gasteiger partial charge in [0.2, 0.25) is 5.91 Å². The first-order valence-electron chi connectivity index (χ1n) is 13.9. The maximum Gasteiger partial charge on any atom is 0.328 e. The van der Waals surface area contributed by atoms with Gasteiger partial charge in [0, 0.05) is 12.3 Å². The van der Waals surface area contributed by atoms with Crippen molar-refractivity contribution >= 4 is 11.9 Å². The van der Waals surface area contributed by atoms with Crippen molar-refractivity contribution in [3.63, 3.8) is 0 Å². The molecule has 37 heavy (non-hydrogen) atoms. The van der Waals surface area contributed by atoms with Crippen molar-refractivity contribution in [3.8, 4) is 5.75 Å². The van der Waals surface area contributed by atoms with Crippen molar-refractivity contribution in [2.45, 2.75) is 84.6 Å². The molecule has 0 bridgehead atoms. The van der Waals surface area contributed by atoms with Gasteiger partial charge in [-0.1, -0.05) is 82.5 Å². The highest BCUT2D eigenvalue weighted by atomic mass is 16.5.